The van der Waals surface area contributed by atoms with Crippen LogP contribution in [-0.4, -0.2) is 55.2 Å². The number of aryl methyl sites for hydroxylation is 2. The van der Waals surface area contributed by atoms with E-state index < -0.39 is 17.4 Å². The lowest BCUT2D eigenvalue weighted by molar-refractivity contribution is -0.139. The summed E-state index contributed by atoms with van der Waals surface area (Å²) in [6.45, 7) is 15.6. The number of hydrogen-bond acceptors (Lipinski definition) is 7. The van der Waals surface area contributed by atoms with E-state index in [-0.39, 0.29) is 26.4 Å². The minimum Gasteiger partial charge on any atom is -0.493 e. The Morgan fingerprint density at radius 2 is 1.14 bits per heavy atom. The van der Waals surface area contributed by atoms with Gasteiger partial charge in [-0.25, -0.2) is 9.59 Å². The first kappa shape index (κ1) is 47.5. The molecule has 7 heteroatoms. The van der Waals surface area contributed by atoms with Crippen molar-refractivity contribution in [1.82, 2.24) is 0 Å². The smallest absolute Gasteiger partial charge is 0.333 e. The van der Waals surface area contributed by atoms with Crippen LogP contribution in [0.1, 0.15) is 140 Å². The zero-order valence-electron chi connectivity index (χ0n) is 36.6. The van der Waals surface area contributed by atoms with Gasteiger partial charge in [-0.15, -0.1) is 0 Å². The molecule has 1 aliphatic rings. The number of hydrogen-bond donors (Lipinski definition) is 2. The Morgan fingerprint density at radius 1 is 0.644 bits per heavy atom. The molecule has 3 aromatic carbocycles. The maximum absolute atomic E-state index is 12.2. The first-order valence-corrected chi connectivity index (χ1v) is 22.4. The fourth-order valence-electron chi connectivity index (χ4n) is 8.26. The summed E-state index contributed by atoms with van der Waals surface area (Å²) < 4.78 is 17.5. The Bertz CT molecular complexity index is 1710. The fraction of sp³-hybridized carbons (Fsp3) is 0.538. The number of rotatable bonds is 26. The Hall–Kier alpha value is -4.20. The molecule has 0 unspecified atom stereocenters. The maximum Gasteiger partial charge on any atom is 0.333 e. The molecule has 1 aliphatic carbocycles. The average molecular weight is 809 g/mol. The molecule has 0 heterocycles. The Morgan fingerprint density at radius 3 is 1.61 bits per heavy atom. The fourth-order valence-corrected chi connectivity index (χ4v) is 8.26. The van der Waals surface area contributed by atoms with Gasteiger partial charge in [0.2, 0.25) is 0 Å². The van der Waals surface area contributed by atoms with Crippen LogP contribution in [0.25, 0.3) is 22.3 Å². The number of esters is 2. The van der Waals surface area contributed by atoms with Crippen molar-refractivity contribution in [2.45, 2.75) is 136 Å². The Balaban J connectivity index is 1.58. The van der Waals surface area contributed by atoms with Crippen LogP contribution in [0.3, 0.4) is 0 Å². The highest BCUT2D eigenvalue weighted by molar-refractivity contribution is 5.87. The van der Waals surface area contributed by atoms with E-state index in [2.05, 4.69) is 87.7 Å². The molecule has 0 saturated heterocycles. The highest BCUT2D eigenvalue weighted by Crippen LogP contribution is 2.39. The maximum atomic E-state index is 12.2. The van der Waals surface area contributed by atoms with Crippen LogP contribution < -0.4 is 4.74 Å². The lowest BCUT2D eigenvalue weighted by Gasteiger charge is -2.30. The number of unbranched alkanes of at least 4 members (excludes halogenated alkanes) is 3. The third-order valence-corrected chi connectivity index (χ3v) is 12.2. The molecule has 59 heavy (non-hydrogen) atoms. The summed E-state index contributed by atoms with van der Waals surface area (Å²) in [5.74, 6) is 1.49. The molecule has 322 valence electrons. The standard InChI is InChI=1S/C52H72O7/c1-7-9-11-14-40-17-19-41(20-18-40)42-21-23-43(24-22-42)44-25-27-45(28-26-44)48-34-46(15-12-31-58-50(55)38(3)4)49(47(35-48)16-13-32-59-51(56)39(5)6)57-33-30-52(36-53,37-54)29-10-8-2/h21-28,34-35,40-41,53-54H,3,5,7-20,29-33,36-37H2,1-2,4,6H3. The predicted octanol–water partition coefficient (Wildman–Crippen LogP) is 11.9. The minimum absolute atomic E-state index is 0.117. The van der Waals surface area contributed by atoms with Crippen molar-refractivity contribution in [2.75, 3.05) is 33.0 Å². The number of aliphatic hydroxyl groups is 2. The van der Waals surface area contributed by atoms with E-state index in [0.29, 0.717) is 62.2 Å². The van der Waals surface area contributed by atoms with E-state index in [1.165, 1.54) is 68.1 Å². The van der Waals surface area contributed by atoms with Gasteiger partial charge in [-0.2, -0.15) is 0 Å². The van der Waals surface area contributed by atoms with Crippen molar-refractivity contribution < 1.29 is 34.0 Å². The molecule has 0 bridgehead atoms. The third kappa shape index (κ3) is 14.8. The summed E-state index contributed by atoms with van der Waals surface area (Å²) in [5, 5.41) is 20.6. The van der Waals surface area contributed by atoms with Crippen LogP contribution in [0.2, 0.25) is 0 Å². The van der Waals surface area contributed by atoms with Crippen LogP contribution in [0.15, 0.2) is 85.0 Å². The van der Waals surface area contributed by atoms with Crippen LogP contribution in [0, 0.1) is 11.3 Å². The van der Waals surface area contributed by atoms with Crippen molar-refractivity contribution in [2.24, 2.45) is 11.3 Å². The van der Waals surface area contributed by atoms with E-state index >= 15 is 0 Å². The lowest BCUT2D eigenvalue weighted by Crippen LogP contribution is -2.32. The second-order valence-corrected chi connectivity index (χ2v) is 17.1. The number of carbonyl (C=O) groups excluding carboxylic acids is 2. The molecular weight excluding hydrogens is 737 g/mol. The van der Waals surface area contributed by atoms with Gasteiger partial charge in [0.1, 0.15) is 5.75 Å². The first-order valence-electron chi connectivity index (χ1n) is 22.4. The highest BCUT2D eigenvalue weighted by Gasteiger charge is 2.29. The van der Waals surface area contributed by atoms with Gasteiger partial charge in [0, 0.05) is 16.6 Å². The second-order valence-electron chi connectivity index (χ2n) is 17.1. The van der Waals surface area contributed by atoms with E-state index in [0.717, 1.165) is 46.8 Å². The van der Waals surface area contributed by atoms with Gasteiger partial charge in [-0.3, -0.25) is 0 Å². The molecule has 1 fully saturated rings. The van der Waals surface area contributed by atoms with Crippen LogP contribution in [0.4, 0.5) is 0 Å². The summed E-state index contributed by atoms with van der Waals surface area (Å²) >= 11 is 0. The van der Waals surface area contributed by atoms with Crippen molar-refractivity contribution in [3.63, 3.8) is 0 Å². The van der Waals surface area contributed by atoms with Crippen molar-refractivity contribution in [1.29, 1.82) is 0 Å². The minimum atomic E-state index is -0.626. The summed E-state index contributed by atoms with van der Waals surface area (Å²) in [7, 11) is 0. The molecule has 4 rings (SSSR count). The molecule has 0 atom stereocenters. The highest BCUT2D eigenvalue weighted by atomic mass is 16.5. The van der Waals surface area contributed by atoms with E-state index in [1.807, 2.05) is 0 Å². The summed E-state index contributed by atoms with van der Waals surface area (Å²) in [5.41, 5.74) is 7.98. The number of carbonyl (C=O) groups is 2. The topological polar surface area (TPSA) is 102 Å². The first-order chi connectivity index (χ1) is 28.5. The van der Waals surface area contributed by atoms with Gasteiger partial charge in [0.05, 0.1) is 33.0 Å². The number of ether oxygens (including phenoxy) is 3. The van der Waals surface area contributed by atoms with Gasteiger partial charge in [-0.1, -0.05) is 114 Å². The SMILES string of the molecule is C=C(C)C(=O)OCCCc1cc(-c2ccc(-c3ccc(C4CCC(CCCCC)CC4)cc3)cc2)cc(CCCOC(=O)C(=C)C)c1OCCC(CO)(CO)CCCC. The largest absolute Gasteiger partial charge is 0.493 e. The molecular formula is C52H72O7. The van der Waals surface area contributed by atoms with Crippen molar-refractivity contribution in [3.05, 3.63) is 102 Å². The van der Waals surface area contributed by atoms with Crippen LogP contribution in [-0.2, 0) is 31.9 Å². The summed E-state index contributed by atoms with van der Waals surface area (Å²) in [6, 6.07) is 22.2. The van der Waals surface area contributed by atoms with Gasteiger partial charge in [-0.05, 0) is 141 Å². The van der Waals surface area contributed by atoms with Crippen molar-refractivity contribution in [3.8, 4) is 28.0 Å². The normalized spacial score (nSPS) is 15.4. The Labute approximate surface area is 355 Å². The summed E-state index contributed by atoms with van der Waals surface area (Å²) in [4.78, 5) is 24.3. The molecule has 0 amide bonds. The molecule has 0 aromatic heterocycles. The molecule has 0 aliphatic heterocycles. The predicted molar refractivity (Wildman–Crippen MR) is 241 cm³/mol. The second kappa shape index (κ2) is 24.8. The van der Waals surface area contributed by atoms with Crippen LogP contribution in [0.5, 0.6) is 5.75 Å². The number of benzene rings is 3. The molecule has 0 spiro atoms. The van der Waals surface area contributed by atoms with E-state index in [4.69, 9.17) is 14.2 Å². The van der Waals surface area contributed by atoms with Crippen LogP contribution >= 0.6 is 0 Å². The van der Waals surface area contributed by atoms with Gasteiger partial charge in [0.25, 0.3) is 0 Å². The molecule has 2 N–H and O–H groups in total. The number of aliphatic hydroxyl groups excluding tert-OH is 2. The Kier molecular flexibility index (Phi) is 19.9. The molecule has 3 aromatic rings. The summed E-state index contributed by atoms with van der Waals surface area (Å²) in [6.07, 6.45) is 16.2. The monoisotopic (exact) mass is 809 g/mol. The van der Waals surface area contributed by atoms with Gasteiger partial charge in [0.15, 0.2) is 0 Å². The van der Waals surface area contributed by atoms with Crippen molar-refractivity contribution >= 4 is 11.9 Å². The molecule has 7 nitrogen and oxygen atoms in total. The van der Waals surface area contributed by atoms with E-state index in [1.54, 1.807) is 13.8 Å². The third-order valence-electron chi connectivity index (χ3n) is 12.2. The molecule has 0 radical (unpaired) electrons. The van der Waals surface area contributed by atoms with Gasteiger partial charge >= 0.3 is 11.9 Å². The lowest BCUT2D eigenvalue weighted by atomic mass is 9.77. The van der Waals surface area contributed by atoms with Gasteiger partial charge < -0.3 is 24.4 Å². The zero-order valence-corrected chi connectivity index (χ0v) is 36.6. The average Bonchev–Trinajstić information content (AvgIpc) is 3.25. The zero-order chi connectivity index (χ0) is 42.6. The molecule has 1 saturated carbocycles. The van der Waals surface area contributed by atoms with E-state index in [9.17, 15) is 19.8 Å². The quantitative estimate of drug-likeness (QED) is 0.0473.